The molecule has 1 fully saturated rings. The smallest absolute Gasteiger partial charge is 0.306 e. The second-order valence-corrected chi connectivity index (χ2v) is 7.25. The minimum Gasteiger partial charge on any atom is -0.497 e. The number of hydrogen-bond acceptors (Lipinski definition) is 4. The number of fused-ring (bicyclic) bond motifs is 1. The predicted octanol–water partition coefficient (Wildman–Crippen LogP) is 4.13. The molecule has 0 aliphatic carbocycles. The number of rotatable bonds is 5. The summed E-state index contributed by atoms with van der Waals surface area (Å²) in [6.07, 6.45) is 1.32. The first-order chi connectivity index (χ1) is 13.7. The average Bonchev–Trinajstić information content (AvgIpc) is 2.75. The molecule has 1 N–H and O–H groups in total. The Bertz CT molecular complexity index is 963. The van der Waals surface area contributed by atoms with E-state index < -0.39 is 5.97 Å². The van der Waals surface area contributed by atoms with Gasteiger partial charge in [-0.1, -0.05) is 36.4 Å². The van der Waals surface area contributed by atoms with Gasteiger partial charge in [-0.05, 0) is 55.8 Å². The lowest BCUT2D eigenvalue weighted by atomic mass is 9.93. The van der Waals surface area contributed by atoms with Gasteiger partial charge in [-0.2, -0.15) is 0 Å². The number of likely N-dealkylation sites (tertiary alicyclic amines) is 1. The van der Waals surface area contributed by atoms with Crippen LogP contribution in [0.3, 0.4) is 0 Å². The number of ether oxygens (including phenoxy) is 1. The predicted molar refractivity (Wildman–Crippen MR) is 109 cm³/mol. The van der Waals surface area contributed by atoms with Gasteiger partial charge in [0.2, 0.25) is 0 Å². The van der Waals surface area contributed by atoms with Crippen LogP contribution in [0.25, 0.3) is 10.9 Å². The van der Waals surface area contributed by atoms with E-state index in [0.717, 1.165) is 41.0 Å². The van der Waals surface area contributed by atoms with Crippen molar-refractivity contribution in [3.8, 4) is 5.75 Å². The summed E-state index contributed by atoms with van der Waals surface area (Å²) in [5.74, 6) is -0.125. The molecule has 1 saturated heterocycles. The largest absolute Gasteiger partial charge is 0.497 e. The third-order valence-electron chi connectivity index (χ3n) is 5.58. The molecule has 0 bridgehead atoms. The van der Waals surface area contributed by atoms with Crippen LogP contribution in [0.1, 0.15) is 30.1 Å². The summed E-state index contributed by atoms with van der Waals surface area (Å²) in [5.41, 5.74) is 3.09. The number of carboxylic acid groups (broad SMARTS) is 1. The first kappa shape index (κ1) is 18.4. The first-order valence-corrected chi connectivity index (χ1v) is 9.62. The van der Waals surface area contributed by atoms with Gasteiger partial charge in [-0.15, -0.1) is 0 Å². The highest BCUT2D eigenvalue weighted by Gasteiger charge is 2.31. The SMILES string of the molecule is COc1ccc(C(c2ccc3ccccc3n2)N2CCC(C(=O)O)CC2)cc1. The number of pyridine rings is 1. The van der Waals surface area contributed by atoms with Crippen molar-refractivity contribution in [2.45, 2.75) is 18.9 Å². The van der Waals surface area contributed by atoms with E-state index >= 15 is 0 Å². The summed E-state index contributed by atoms with van der Waals surface area (Å²) >= 11 is 0. The van der Waals surface area contributed by atoms with Gasteiger partial charge in [0.1, 0.15) is 5.75 Å². The van der Waals surface area contributed by atoms with E-state index in [9.17, 15) is 9.90 Å². The number of methoxy groups -OCH3 is 1. The van der Waals surface area contributed by atoms with Gasteiger partial charge in [0, 0.05) is 5.39 Å². The van der Waals surface area contributed by atoms with Crippen LogP contribution in [-0.4, -0.2) is 41.2 Å². The molecule has 5 nitrogen and oxygen atoms in total. The fourth-order valence-electron chi connectivity index (χ4n) is 3.99. The number of para-hydroxylation sites is 1. The Labute approximate surface area is 164 Å². The number of aromatic nitrogens is 1. The van der Waals surface area contributed by atoms with Crippen LogP contribution in [0.2, 0.25) is 0 Å². The molecule has 144 valence electrons. The lowest BCUT2D eigenvalue weighted by Crippen LogP contribution is -2.39. The van der Waals surface area contributed by atoms with E-state index in [1.807, 2.05) is 30.3 Å². The van der Waals surface area contributed by atoms with Crippen LogP contribution >= 0.6 is 0 Å². The fourth-order valence-corrected chi connectivity index (χ4v) is 3.99. The van der Waals surface area contributed by atoms with Crippen molar-refractivity contribution < 1.29 is 14.6 Å². The van der Waals surface area contributed by atoms with E-state index in [4.69, 9.17) is 9.72 Å². The highest BCUT2D eigenvalue weighted by atomic mass is 16.5. The summed E-state index contributed by atoms with van der Waals surface area (Å²) < 4.78 is 5.30. The topological polar surface area (TPSA) is 62.7 Å². The van der Waals surface area contributed by atoms with Crippen LogP contribution in [-0.2, 0) is 4.79 Å². The van der Waals surface area contributed by atoms with E-state index in [-0.39, 0.29) is 12.0 Å². The summed E-state index contributed by atoms with van der Waals surface area (Å²) in [5, 5.41) is 10.4. The first-order valence-electron chi connectivity index (χ1n) is 9.62. The molecule has 28 heavy (non-hydrogen) atoms. The van der Waals surface area contributed by atoms with Gasteiger partial charge >= 0.3 is 5.97 Å². The van der Waals surface area contributed by atoms with Gasteiger partial charge in [0.05, 0.1) is 30.3 Å². The van der Waals surface area contributed by atoms with Gasteiger partial charge in [-0.25, -0.2) is 0 Å². The molecule has 0 saturated carbocycles. The maximum atomic E-state index is 11.3. The number of aliphatic carboxylic acids is 1. The number of carboxylic acids is 1. The normalized spacial score (nSPS) is 16.8. The summed E-state index contributed by atoms with van der Waals surface area (Å²) in [6, 6.07) is 20.4. The molecule has 4 rings (SSSR count). The van der Waals surface area contributed by atoms with Crippen LogP contribution in [0.5, 0.6) is 5.75 Å². The van der Waals surface area contributed by atoms with E-state index in [0.29, 0.717) is 12.8 Å². The minimum atomic E-state index is -0.690. The Kier molecular flexibility index (Phi) is 5.26. The second-order valence-electron chi connectivity index (χ2n) is 7.25. The van der Waals surface area contributed by atoms with Crippen molar-refractivity contribution in [2.75, 3.05) is 20.2 Å². The molecular weight excluding hydrogens is 352 g/mol. The third-order valence-corrected chi connectivity index (χ3v) is 5.58. The van der Waals surface area contributed by atoms with Crippen molar-refractivity contribution in [3.63, 3.8) is 0 Å². The van der Waals surface area contributed by atoms with Crippen LogP contribution in [0.15, 0.2) is 60.7 Å². The average molecular weight is 376 g/mol. The molecule has 3 aromatic rings. The molecule has 1 aliphatic rings. The molecule has 0 amide bonds. The van der Waals surface area contributed by atoms with Gasteiger partial charge in [0.15, 0.2) is 0 Å². The van der Waals surface area contributed by atoms with Gasteiger partial charge < -0.3 is 9.84 Å². The number of benzene rings is 2. The van der Waals surface area contributed by atoms with E-state index in [1.165, 1.54) is 0 Å². The molecule has 1 aliphatic heterocycles. The molecule has 0 spiro atoms. The fraction of sp³-hybridized carbons (Fsp3) is 0.304. The standard InChI is InChI=1S/C23H24N2O3/c1-28-19-9-6-17(7-10-19)22(25-14-12-18(13-15-25)23(26)27)21-11-8-16-4-2-3-5-20(16)24-21/h2-11,18,22H,12-15H2,1H3,(H,26,27). The van der Waals surface area contributed by atoms with Crippen LogP contribution < -0.4 is 4.74 Å². The third kappa shape index (κ3) is 3.71. The monoisotopic (exact) mass is 376 g/mol. The van der Waals surface area contributed by atoms with Crippen LogP contribution in [0.4, 0.5) is 0 Å². The Hall–Kier alpha value is -2.92. The summed E-state index contributed by atoms with van der Waals surface area (Å²) in [7, 11) is 1.66. The van der Waals surface area contributed by atoms with Crippen molar-refractivity contribution in [1.29, 1.82) is 0 Å². The molecule has 2 heterocycles. The zero-order valence-corrected chi connectivity index (χ0v) is 15.9. The summed E-state index contributed by atoms with van der Waals surface area (Å²) in [4.78, 5) is 18.6. The Morgan fingerprint density at radius 3 is 2.46 bits per heavy atom. The molecule has 1 unspecified atom stereocenters. The number of piperidine rings is 1. The molecule has 2 aromatic carbocycles. The number of nitrogens with zero attached hydrogens (tertiary/aromatic N) is 2. The maximum absolute atomic E-state index is 11.3. The lowest BCUT2D eigenvalue weighted by Gasteiger charge is -2.36. The van der Waals surface area contributed by atoms with E-state index in [1.54, 1.807) is 7.11 Å². The molecule has 0 radical (unpaired) electrons. The molecule has 1 atom stereocenters. The Morgan fingerprint density at radius 1 is 1.07 bits per heavy atom. The number of hydrogen-bond donors (Lipinski definition) is 1. The van der Waals surface area contributed by atoms with Crippen molar-refractivity contribution in [3.05, 3.63) is 71.9 Å². The molecule has 1 aromatic heterocycles. The number of carbonyl (C=O) groups is 1. The van der Waals surface area contributed by atoms with Crippen LogP contribution in [0, 0.1) is 5.92 Å². The highest BCUT2D eigenvalue weighted by Crippen LogP contribution is 2.33. The zero-order valence-electron chi connectivity index (χ0n) is 15.9. The van der Waals surface area contributed by atoms with Crippen molar-refractivity contribution in [2.24, 2.45) is 5.92 Å². The van der Waals surface area contributed by atoms with Gasteiger partial charge in [-0.3, -0.25) is 14.7 Å². The van der Waals surface area contributed by atoms with Crippen molar-refractivity contribution >= 4 is 16.9 Å². The quantitative estimate of drug-likeness (QED) is 0.725. The molecular formula is C23H24N2O3. The lowest BCUT2D eigenvalue weighted by molar-refractivity contribution is -0.143. The summed E-state index contributed by atoms with van der Waals surface area (Å²) in [6.45, 7) is 1.48. The highest BCUT2D eigenvalue weighted by molar-refractivity contribution is 5.78. The van der Waals surface area contributed by atoms with Crippen molar-refractivity contribution in [1.82, 2.24) is 9.88 Å². The second kappa shape index (κ2) is 7.98. The zero-order chi connectivity index (χ0) is 19.5. The molecule has 5 heteroatoms. The van der Waals surface area contributed by atoms with Gasteiger partial charge in [0.25, 0.3) is 0 Å². The van der Waals surface area contributed by atoms with E-state index in [2.05, 4.69) is 35.2 Å². The Morgan fingerprint density at radius 2 is 1.79 bits per heavy atom. The Balaban J connectivity index is 1.70. The minimum absolute atomic E-state index is 0.00902. The maximum Gasteiger partial charge on any atom is 0.306 e.